The average Bonchev–Trinajstić information content (AvgIpc) is 2.62. The zero-order valence-corrected chi connectivity index (χ0v) is 15.1. The quantitative estimate of drug-likeness (QED) is 0.595. The van der Waals surface area contributed by atoms with E-state index in [1.165, 1.54) is 36.4 Å². The lowest BCUT2D eigenvalue weighted by atomic mass is 10.1. The minimum absolute atomic E-state index is 0.0773. The van der Waals surface area contributed by atoms with Gasteiger partial charge in [0.15, 0.2) is 0 Å². The van der Waals surface area contributed by atoms with E-state index in [0.29, 0.717) is 16.4 Å². The van der Waals surface area contributed by atoms with Crippen LogP contribution in [0.4, 0.5) is 4.39 Å². The van der Waals surface area contributed by atoms with E-state index in [0.717, 1.165) is 32.4 Å². The standard InChI is InChI=1S/C18H18ClFN2O2S/c19-15-6-10-17(11-7-15)25(23,24)21-18(22-12-2-1-3-13-22)14-4-8-16(20)9-5-14/h4-11H,1-3,12-13H2/b21-18+. The van der Waals surface area contributed by atoms with Crippen LogP contribution in [0, 0.1) is 5.82 Å². The molecule has 0 unspecified atom stereocenters. The summed E-state index contributed by atoms with van der Waals surface area (Å²) in [5.74, 6) is -0.0167. The van der Waals surface area contributed by atoms with Crippen molar-refractivity contribution >= 4 is 27.5 Å². The summed E-state index contributed by atoms with van der Waals surface area (Å²) in [6, 6.07) is 11.6. The number of benzene rings is 2. The number of likely N-dealkylation sites (tertiary alicyclic amines) is 1. The molecule has 3 rings (SSSR count). The maximum absolute atomic E-state index is 13.2. The van der Waals surface area contributed by atoms with Crippen molar-refractivity contribution in [2.45, 2.75) is 24.2 Å². The molecule has 0 aromatic heterocycles. The second-order valence-electron chi connectivity index (χ2n) is 5.90. The molecule has 1 aliphatic heterocycles. The molecule has 1 aliphatic rings. The van der Waals surface area contributed by atoms with Crippen LogP contribution in [0.5, 0.6) is 0 Å². The SMILES string of the molecule is O=S(=O)(/N=C(\c1ccc(F)cc1)N1CCCCC1)c1ccc(Cl)cc1. The zero-order valence-electron chi connectivity index (χ0n) is 13.5. The zero-order chi connectivity index (χ0) is 17.9. The molecule has 7 heteroatoms. The molecular weight excluding hydrogens is 363 g/mol. The Hall–Kier alpha value is -1.92. The lowest BCUT2D eigenvalue weighted by Gasteiger charge is -2.29. The monoisotopic (exact) mass is 380 g/mol. The lowest BCUT2D eigenvalue weighted by Crippen LogP contribution is -2.36. The molecule has 0 saturated carbocycles. The number of hydrogen-bond donors (Lipinski definition) is 0. The number of piperidine rings is 1. The summed E-state index contributed by atoms with van der Waals surface area (Å²) in [6.45, 7) is 1.46. The predicted octanol–water partition coefficient (Wildman–Crippen LogP) is 4.10. The smallest absolute Gasteiger partial charge is 0.284 e. The fourth-order valence-corrected chi connectivity index (χ4v) is 3.93. The summed E-state index contributed by atoms with van der Waals surface area (Å²) in [6.07, 6.45) is 3.06. The van der Waals surface area contributed by atoms with Gasteiger partial charge in [0.2, 0.25) is 0 Å². The molecule has 0 aliphatic carbocycles. The number of amidine groups is 1. The van der Waals surface area contributed by atoms with E-state index in [9.17, 15) is 12.8 Å². The van der Waals surface area contributed by atoms with E-state index in [1.807, 2.05) is 4.90 Å². The molecule has 1 heterocycles. The summed E-state index contributed by atoms with van der Waals surface area (Å²) < 4.78 is 42.7. The highest BCUT2D eigenvalue weighted by Crippen LogP contribution is 2.20. The molecule has 0 amide bonds. The van der Waals surface area contributed by atoms with Gasteiger partial charge in [-0.05, 0) is 67.8 Å². The van der Waals surface area contributed by atoms with Crippen LogP contribution in [0.15, 0.2) is 57.8 Å². The van der Waals surface area contributed by atoms with Crippen molar-refractivity contribution in [1.29, 1.82) is 0 Å². The Bertz CT molecular complexity index is 859. The molecular formula is C18H18ClFN2O2S. The molecule has 1 saturated heterocycles. The van der Waals surface area contributed by atoms with Gasteiger partial charge in [-0.2, -0.15) is 8.42 Å². The largest absolute Gasteiger partial charge is 0.355 e. The maximum Gasteiger partial charge on any atom is 0.284 e. The Morgan fingerprint density at radius 2 is 1.56 bits per heavy atom. The average molecular weight is 381 g/mol. The topological polar surface area (TPSA) is 49.7 Å². The van der Waals surface area contributed by atoms with Crippen LogP contribution in [0.2, 0.25) is 5.02 Å². The third-order valence-electron chi connectivity index (χ3n) is 4.08. The van der Waals surface area contributed by atoms with Gasteiger partial charge < -0.3 is 4.90 Å². The van der Waals surface area contributed by atoms with Crippen molar-refractivity contribution in [3.05, 3.63) is 64.9 Å². The van der Waals surface area contributed by atoms with Crippen LogP contribution in [-0.4, -0.2) is 32.2 Å². The molecule has 0 radical (unpaired) electrons. The van der Waals surface area contributed by atoms with Crippen molar-refractivity contribution < 1.29 is 12.8 Å². The first-order chi connectivity index (χ1) is 12.0. The Labute approximate surface area is 152 Å². The Balaban J connectivity index is 2.04. The summed E-state index contributed by atoms with van der Waals surface area (Å²) in [4.78, 5) is 2.03. The van der Waals surface area contributed by atoms with E-state index in [2.05, 4.69) is 4.40 Å². The molecule has 2 aromatic rings. The van der Waals surface area contributed by atoms with Crippen molar-refractivity contribution in [3.63, 3.8) is 0 Å². The number of hydrogen-bond acceptors (Lipinski definition) is 2. The first-order valence-electron chi connectivity index (χ1n) is 8.07. The molecule has 0 bridgehead atoms. The Morgan fingerprint density at radius 1 is 0.960 bits per heavy atom. The van der Waals surface area contributed by atoms with Crippen molar-refractivity contribution in [1.82, 2.24) is 4.90 Å². The van der Waals surface area contributed by atoms with Crippen LogP contribution < -0.4 is 0 Å². The van der Waals surface area contributed by atoms with Gasteiger partial charge in [0.1, 0.15) is 11.7 Å². The van der Waals surface area contributed by atoms with Crippen LogP contribution in [0.1, 0.15) is 24.8 Å². The van der Waals surface area contributed by atoms with E-state index < -0.39 is 10.0 Å². The van der Waals surface area contributed by atoms with Gasteiger partial charge in [-0.3, -0.25) is 0 Å². The number of sulfonamides is 1. The van der Waals surface area contributed by atoms with Gasteiger partial charge in [-0.1, -0.05) is 11.6 Å². The molecule has 132 valence electrons. The highest BCUT2D eigenvalue weighted by molar-refractivity contribution is 7.90. The van der Waals surface area contributed by atoms with Crippen LogP contribution in [0.25, 0.3) is 0 Å². The second kappa shape index (κ2) is 7.54. The van der Waals surface area contributed by atoms with Crippen LogP contribution in [-0.2, 0) is 10.0 Å². The fourth-order valence-electron chi connectivity index (χ4n) is 2.77. The van der Waals surface area contributed by atoms with Gasteiger partial charge in [0.05, 0.1) is 4.90 Å². The third-order valence-corrected chi connectivity index (χ3v) is 5.61. The van der Waals surface area contributed by atoms with Crippen LogP contribution >= 0.6 is 11.6 Å². The highest BCUT2D eigenvalue weighted by Gasteiger charge is 2.21. The van der Waals surface area contributed by atoms with E-state index >= 15 is 0 Å². The van der Waals surface area contributed by atoms with Crippen molar-refractivity contribution in [2.75, 3.05) is 13.1 Å². The fraction of sp³-hybridized carbons (Fsp3) is 0.278. The minimum atomic E-state index is -3.89. The highest BCUT2D eigenvalue weighted by atomic mass is 35.5. The van der Waals surface area contributed by atoms with Crippen molar-refractivity contribution in [3.8, 4) is 0 Å². The van der Waals surface area contributed by atoms with Crippen LogP contribution in [0.3, 0.4) is 0 Å². The molecule has 1 fully saturated rings. The summed E-state index contributed by atoms with van der Waals surface area (Å²) in [7, 11) is -3.89. The molecule has 0 atom stereocenters. The molecule has 2 aromatic carbocycles. The molecule has 0 N–H and O–H groups in total. The molecule has 4 nitrogen and oxygen atoms in total. The third kappa shape index (κ3) is 4.38. The van der Waals surface area contributed by atoms with E-state index in [1.54, 1.807) is 12.1 Å². The normalized spacial score (nSPS) is 16.1. The van der Waals surface area contributed by atoms with Crippen molar-refractivity contribution in [2.24, 2.45) is 4.40 Å². The van der Waals surface area contributed by atoms with Gasteiger partial charge in [-0.25, -0.2) is 4.39 Å². The Morgan fingerprint density at radius 3 is 2.16 bits per heavy atom. The maximum atomic E-state index is 13.2. The predicted molar refractivity (Wildman–Crippen MR) is 97.0 cm³/mol. The summed E-state index contributed by atoms with van der Waals surface area (Å²) in [5, 5.41) is 0.456. The summed E-state index contributed by atoms with van der Waals surface area (Å²) in [5.41, 5.74) is 0.584. The first kappa shape index (κ1) is 17.9. The number of halogens is 2. The lowest BCUT2D eigenvalue weighted by molar-refractivity contribution is 0.343. The summed E-state index contributed by atoms with van der Waals surface area (Å²) >= 11 is 5.83. The minimum Gasteiger partial charge on any atom is -0.355 e. The molecule has 25 heavy (non-hydrogen) atoms. The second-order valence-corrected chi connectivity index (χ2v) is 7.94. The molecule has 0 spiro atoms. The first-order valence-corrected chi connectivity index (χ1v) is 9.89. The number of rotatable bonds is 3. The van der Waals surface area contributed by atoms with E-state index in [-0.39, 0.29) is 10.7 Å². The number of nitrogens with zero attached hydrogens (tertiary/aromatic N) is 2. The van der Waals surface area contributed by atoms with Gasteiger partial charge in [0.25, 0.3) is 10.0 Å². The van der Waals surface area contributed by atoms with Gasteiger partial charge in [-0.15, -0.1) is 4.40 Å². The van der Waals surface area contributed by atoms with E-state index in [4.69, 9.17) is 11.6 Å². The van der Waals surface area contributed by atoms with Gasteiger partial charge >= 0.3 is 0 Å². The van der Waals surface area contributed by atoms with Gasteiger partial charge in [0, 0.05) is 23.7 Å². The Kier molecular flexibility index (Phi) is 5.39.